The molecule has 27 heavy (non-hydrogen) atoms. The summed E-state index contributed by atoms with van der Waals surface area (Å²) in [6.07, 6.45) is 0. The zero-order valence-electron chi connectivity index (χ0n) is 15.0. The molecule has 1 N–H and O–H groups in total. The van der Waals surface area contributed by atoms with E-state index in [2.05, 4.69) is 5.32 Å². The van der Waals surface area contributed by atoms with Crippen LogP contribution in [-0.4, -0.2) is 7.11 Å². The Balaban J connectivity index is 1.56. The number of rotatable bonds is 8. The molecule has 0 atom stereocenters. The van der Waals surface area contributed by atoms with E-state index >= 15 is 0 Å². The summed E-state index contributed by atoms with van der Waals surface area (Å²) in [5.74, 6) is 0.760. The second kappa shape index (κ2) is 9.14. The van der Waals surface area contributed by atoms with E-state index < -0.39 is 0 Å². The highest BCUT2D eigenvalue weighted by Crippen LogP contribution is 2.29. The molecule has 0 amide bonds. The van der Waals surface area contributed by atoms with E-state index in [0.717, 1.165) is 16.7 Å². The number of benzene rings is 3. The van der Waals surface area contributed by atoms with Crippen molar-refractivity contribution in [1.29, 1.82) is 0 Å². The van der Waals surface area contributed by atoms with Crippen LogP contribution in [0.1, 0.15) is 16.7 Å². The van der Waals surface area contributed by atoms with Crippen LogP contribution >= 0.6 is 0 Å². The monoisotopic (exact) mass is 369 g/mol. The molecule has 0 fully saturated rings. The molecule has 3 aromatic carbocycles. The molecule has 0 spiro atoms. The average Bonchev–Trinajstić information content (AvgIpc) is 2.69. The molecule has 0 saturated heterocycles. The predicted molar refractivity (Wildman–Crippen MR) is 101 cm³/mol. The lowest BCUT2D eigenvalue weighted by Crippen LogP contribution is -2.12. The Hall–Kier alpha value is -2.92. The number of halogens is 2. The van der Waals surface area contributed by atoms with E-state index in [4.69, 9.17) is 9.47 Å². The van der Waals surface area contributed by atoms with Crippen molar-refractivity contribution in [3.63, 3.8) is 0 Å². The third-order valence-corrected chi connectivity index (χ3v) is 4.11. The minimum atomic E-state index is -0.270. The van der Waals surface area contributed by atoms with Gasteiger partial charge in [-0.15, -0.1) is 0 Å². The lowest BCUT2D eigenvalue weighted by atomic mass is 10.1. The maximum absolute atomic E-state index is 13.0. The fourth-order valence-electron chi connectivity index (χ4n) is 2.64. The van der Waals surface area contributed by atoms with Crippen LogP contribution < -0.4 is 14.8 Å². The second-order valence-electron chi connectivity index (χ2n) is 6.13. The van der Waals surface area contributed by atoms with Crippen LogP contribution in [0.15, 0.2) is 66.7 Å². The van der Waals surface area contributed by atoms with E-state index in [0.29, 0.717) is 31.2 Å². The minimum Gasteiger partial charge on any atom is -0.493 e. The van der Waals surface area contributed by atoms with E-state index in [1.165, 1.54) is 24.3 Å². The lowest BCUT2D eigenvalue weighted by molar-refractivity contribution is 0.284. The summed E-state index contributed by atoms with van der Waals surface area (Å²) in [5, 5.41) is 3.32. The van der Waals surface area contributed by atoms with Gasteiger partial charge in [0, 0.05) is 13.1 Å². The van der Waals surface area contributed by atoms with E-state index in [-0.39, 0.29) is 11.6 Å². The topological polar surface area (TPSA) is 30.5 Å². The summed E-state index contributed by atoms with van der Waals surface area (Å²) in [6.45, 7) is 1.62. The first-order chi connectivity index (χ1) is 13.1. The number of nitrogens with one attached hydrogen (secondary N) is 1. The maximum Gasteiger partial charge on any atom is 0.161 e. The quantitative estimate of drug-likeness (QED) is 0.616. The van der Waals surface area contributed by atoms with Gasteiger partial charge < -0.3 is 14.8 Å². The van der Waals surface area contributed by atoms with Gasteiger partial charge in [-0.2, -0.15) is 0 Å². The first-order valence-electron chi connectivity index (χ1n) is 8.63. The summed E-state index contributed by atoms with van der Waals surface area (Å²) >= 11 is 0. The zero-order chi connectivity index (χ0) is 19.1. The van der Waals surface area contributed by atoms with Crippen molar-refractivity contribution in [1.82, 2.24) is 5.32 Å². The van der Waals surface area contributed by atoms with Crippen LogP contribution in [-0.2, 0) is 19.7 Å². The molecule has 3 nitrogen and oxygen atoms in total. The molecule has 0 saturated carbocycles. The molecule has 0 aliphatic carbocycles. The van der Waals surface area contributed by atoms with Crippen LogP contribution in [0, 0.1) is 11.6 Å². The molecule has 5 heteroatoms. The molecular weight excluding hydrogens is 348 g/mol. The van der Waals surface area contributed by atoms with Crippen LogP contribution in [0.3, 0.4) is 0 Å². The van der Waals surface area contributed by atoms with Crippen LogP contribution in [0.2, 0.25) is 0 Å². The first-order valence-corrected chi connectivity index (χ1v) is 8.63. The van der Waals surface area contributed by atoms with Crippen molar-refractivity contribution in [2.45, 2.75) is 19.7 Å². The van der Waals surface area contributed by atoms with Gasteiger partial charge in [0.15, 0.2) is 11.5 Å². The Morgan fingerprint density at radius 1 is 0.704 bits per heavy atom. The molecule has 0 heterocycles. The summed E-state index contributed by atoms with van der Waals surface area (Å²) < 4.78 is 37.1. The van der Waals surface area contributed by atoms with Crippen molar-refractivity contribution in [2.75, 3.05) is 7.11 Å². The molecular formula is C22H21F2NO2. The SMILES string of the molecule is COc1cc(CNCc2ccc(F)cc2)ccc1OCc1ccc(F)cc1. The van der Waals surface area contributed by atoms with Crippen LogP contribution in [0.25, 0.3) is 0 Å². The Bertz CT molecular complexity index is 864. The zero-order valence-corrected chi connectivity index (χ0v) is 15.0. The highest BCUT2D eigenvalue weighted by molar-refractivity contribution is 5.43. The fraction of sp³-hybridized carbons (Fsp3) is 0.182. The standard InChI is InChI=1S/C22H21F2NO2/c1-26-22-12-18(14-25-13-16-2-7-19(23)8-3-16)6-11-21(22)27-15-17-4-9-20(24)10-5-17/h2-12,25H,13-15H2,1H3. The van der Waals surface area contributed by atoms with Crippen LogP contribution in [0.4, 0.5) is 8.78 Å². The van der Waals surface area contributed by atoms with Gasteiger partial charge in [0.1, 0.15) is 18.2 Å². The van der Waals surface area contributed by atoms with Gasteiger partial charge >= 0.3 is 0 Å². The van der Waals surface area contributed by atoms with Crippen molar-refractivity contribution >= 4 is 0 Å². The summed E-state index contributed by atoms with van der Waals surface area (Å²) in [6, 6.07) is 18.4. The number of methoxy groups -OCH3 is 1. The van der Waals surface area contributed by atoms with E-state index in [1.54, 1.807) is 31.4 Å². The molecule has 0 bridgehead atoms. The molecule has 0 aliphatic heterocycles. The maximum atomic E-state index is 13.0. The van der Waals surface area contributed by atoms with Gasteiger partial charge in [-0.1, -0.05) is 30.3 Å². The summed E-state index contributed by atoms with van der Waals surface area (Å²) in [4.78, 5) is 0. The molecule has 3 rings (SSSR count). The second-order valence-corrected chi connectivity index (χ2v) is 6.13. The summed E-state index contributed by atoms with van der Waals surface area (Å²) in [7, 11) is 1.59. The Kier molecular flexibility index (Phi) is 6.39. The minimum absolute atomic E-state index is 0.236. The van der Waals surface area contributed by atoms with Gasteiger partial charge in [-0.3, -0.25) is 0 Å². The largest absolute Gasteiger partial charge is 0.493 e. The molecule has 0 aromatic heterocycles. The molecule has 140 valence electrons. The normalized spacial score (nSPS) is 10.6. The lowest BCUT2D eigenvalue weighted by Gasteiger charge is -2.13. The molecule has 0 radical (unpaired) electrons. The van der Waals surface area contributed by atoms with Crippen molar-refractivity contribution in [3.8, 4) is 11.5 Å². The fourth-order valence-corrected chi connectivity index (χ4v) is 2.64. The van der Waals surface area contributed by atoms with Gasteiger partial charge in [0.25, 0.3) is 0 Å². The Morgan fingerprint density at radius 3 is 1.89 bits per heavy atom. The van der Waals surface area contributed by atoms with Crippen molar-refractivity contribution in [3.05, 3.63) is 95.1 Å². The van der Waals surface area contributed by atoms with Crippen LogP contribution in [0.5, 0.6) is 11.5 Å². The molecule has 3 aromatic rings. The molecule has 0 unspecified atom stereocenters. The number of hydrogen-bond acceptors (Lipinski definition) is 3. The highest BCUT2D eigenvalue weighted by atomic mass is 19.1. The van der Waals surface area contributed by atoms with Gasteiger partial charge in [-0.05, 0) is 53.1 Å². The number of hydrogen-bond donors (Lipinski definition) is 1. The van der Waals surface area contributed by atoms with E-state index in [1.807, 2.05) is 18.2 Å². The van der Waals surface area contributed by atoms with Crippen molar-refractivity contribution in [2.24, 2.45) is 0 Å². The first kappa shape index (κ1) is 18.9. The van der Waals surface area contributed by atoms with Gasteiger partial charge in [-0.25, -0.2) is 8.78 Å². The van der Waals surface area contributed by atoms with Gasteiger partial charge in [0.05, 0.1) is 7.11 Å². The third kappa shape index (κ3) is 5.53. The Morgan fingerprint density at radius 2 is 1.26 bits per heavy atom. The van der Waals surface area contributed by atoms with E-state index in [9.17, 15) is 8.78 Å². The molecule has 0 aliphatic rings. The Labute approximate surface area is 157 Å². The average molecular weight is 369 g/mol. The number of ether oxygens (including phenoxy) is 2. The summed E-state index contributed by atoms with van der Waals surface area (Å²) in [5.41, 5.74) is 2.94. The third-order valence-electron chi connectivity index (χ3n) is 4.11. The van der Waals surface area contributed by atoms with Crippen molar-refractivity contribution < 1.29 is 18.3 Å². The predicted octanol–water partition coefficient (Wildman–Crippen LogP) is 4.84. The van der Waals surface area contributed by atoms with Gasteiger partial charge in [0.2, 0.25) is 0 Å². The smallest absolute Gasteiger partial charge is 0.161 e. The highest BCUT2D eigenvalue weighted by Gasteiger charge is 2.07.